The molecule has 0 aliphatic heterocycles. The average molecular weight is 291 g/mol. The molecule has 2 rings (SSSR count). The molecule has 0 bridgehead atoms. The summed E-state index contributed by atoms with van der Waals surface area (Å²) in [7, 11) is 0. The van der Waals surface area contributed by atoms with Gasteiger partial charge in [0.1, 0.15) is 17.5 Å². The van der Waals surface area contributed by atoms with Crippen LogP contribution in [0.1, 0.15) is 24.2 Å². The topological polar surface area (TPSA) is 54.0 Å². The van der Waals surface area contributed by atoms with E-state index in [1.165, 1.54) is 6.20 Å². The minimum absolute atomic E-state index is 0.204. The smallest absolute Gasteiger partial charge is 0.257 e. The number of aromatic nitrogens is 1. The Morgan fingerprint density at radius 2 is 1.95 bits per heavy atom. The standard InChI is InChI=1S/C15H15F2N3O/c1-9(2)19-14-6-3-10(8-18-14)15(21)20-13-7-11(16)4-5-12(13)17/h3-9H,1-2H3,(H,18,19)(H,20,21). The van der Waals surface area contributed by atoms with Crippen molar-refractivity contribution in [1.82, 2.24) is 4.98 Å². The SMILES string of the molecule is CC(C)Nc1ccc(C(=O)Nc2cc(F)ccc2F)cn1. The van der Waals surface area contributed by atoms with Gasteiger partial charge in [0.25, 0.3) is 5.91 Å². The van der Waals surface area contributed by atoms with Crippen LogP contribution in [0.5, 0.6) is 0 Å². The number of halogens is 2. The lowest BCUT2D eigenvalue weighted by Crippen LogP contribution is -2.15. The van der Waals surface area contributed by atoms with Gasteiger partial charge >= 0.3 is 0 Å². The number of rotatable bonds is 4. The molecule has 0 saturated carbocycles. The lowest BCUT2D eigenvalue weighted by Gasteiger charge is -2.10. The first kappa shape index (κ1) is 14.9. The Bertz CT molecular complexity index is 642. The summed E-state index contributed by atoms with van der Waals surface area (Å²) in [6, 6.07) is 6.30. The summed E-state index contributed by atoms with van der Waals surface area (Å²) in [6.07, 6.45) is 1.37. The van der Waals surface area contributed by atoms with Crippen molar-refractivity contribution >= 4 is 17.4 Å². The van der Waals surface area contributed by atoms with Crippen molar-refractivity contribution in [2.75, 3.05) is 10.6 Å². The van der Waals surface area contributed by atoms with Gasteiger partial charge in [-0.1, -0.05) is 0 Å². The number of hydrogen-bond acceptors (Lipinski definition) is 3. The van der Waals surface area contributed by atoms with E-state index >= 15 is 0 Å². The molecule has 0 aliphatic rings. The second kappa shape index (κ2) is 6.30. The van der Waals surface area contributed by atoms with Gasteiger partial charge in [-0.2, -0.15) is 0 Å². The Hall–Kier alpha value is -2.50. The van der Waals surface area contributed by atoms with E-state index in [-0.39, 0.29) is 17.3 Å². The van der Waals surface area contributed by atoms with Gasteiger partial charge in [0.15, 0.2) is 0 Å². The number of hydrogen-bond donors (Lipinski definition) is 2. The number of nitrogens with one attached hydrogen (secondary N) is 2. The van der Waals surface area contributed by atoms with E-state index in [1.807, 2.05) is 13.8 Å². The first-order valence-electron chi connectivity index (χ1n) is 6.44. The van der Waals surface area contributed by atoms with Gasteiger partial charge in [-0.3, -0.25) is 4.79 Å². The van der Waals surface area contributed by atoms with Crippen molar-refractivity contribution in [3.63, 3.8) is 0 Å². The van der Waals surface area contributed by atoms with Crippen LogP contribution in [0.4, 0.5) is 20.3 Å². The van der Waals surface area contributed by atoms with Crippen molar-refractivity contribution in [3.8, 4) is 0 Å². The fourth-order valence-electron chi connectivity index (χ4n) is 1.70. The van der Waals surface area contributed by atoms with Crippen molar-refractivity contribution in [2.45, 2.75) is 19.9 Å². The van der Waals surface area contributed by atoms with E-state index in [0.29, 0.717) is 5.82 Å². The third-order valence-corrected chi connectivity index (χ3v) is 2.64. The van der Waals surface area contributed by atoms with Crippen molar-refractivity contribution < 1.29 is 13.6 Å². The minimum Gasteiger partial charge on any atom is -0.368 e. The van der Waals surface area contributed by atoms with Crippen LogP contribution in [0.3, 0.4) is 0 Å². The largest absolute Gasteiger partial charge is 0.368 e. The Labute approximate surface area is 121 Å². The number of nitrogens with zero attached hydrogens (tertiary/aromatic N) is 1. The Morgan fingerprint density at radius 3 is 2.57 bits per heavy atom. The summed E-state index contributed by atoms with van der Waals surface area (Å²) < 4.78 is 26.5. The summed E-state index contributed by atoms with van der Waals surface area (Å²) in [5, 5.41) is 5.40. The van der Waals surface area contributed by atoms with Gasteiger partial charge in [-0.05, 0) is 38.1 Å². The fraction of sp³-hybridized carbons (Fsp3) is 0.200. The predicted molar refractivity (Wildman–Crippen MR) is 77.3 cm³/mol. The van der Waals surface area contributed by atoms with E-state index in [4.69, 9.17) is 0 Å². The maximum Gasteiger partial charge on any atom is 0.257 e. The second-order valence-corrected chi connectivity index (χ2v) is 4.81. The quantitative estimate of drug-likeness (QED) is 0.907. The molecule has 21 heavy (non-hydrogen) atoms. The highest BCUT2D eigenvalue weighted by Gasteiger charge is 2.11. The zero-order valence-corrected chi connectivity index (χ0v) is 11.7. The molecule has 0 radical (unpaired) electrons. The van der Waals surface area contributed by atoms with Crippen molar-refractivity contribution in [3.05, 3.63) is 53.7 Å². The molecular weight excluding hydrogens is 276 g/mol. The van der Waals surface area contributed by atoms with E-state index in [0.717, 1.165) is 18.2 Å². The van der Waals surface area contributed by atoms with Gasteiger partial charge in [-0.15, -0.1) is 0 Å². The molecule has 110 valence electrons. The number of benzene rings is 1. The predicted octanol–water partition coefficient (Wildman–Crippen LogP) is 3.43. The molecule has 0 fully saturated rings. The molecule has 1 heterocycles. The molecule has 1 aromatic heterocycles. The van der Waals surface area contributed by atoms with Crippen molar-refractivity contribution in [1.29, 1.82) is 0 Å². The van der Waals surface area contributed by atoms with E-state index in [9.17, 15) is 13.6 Å². The van der Waals surface area contributed by atoms with E-state index < -0.39 is 17.5 Å². The van der Waals surface area contributed by atoms with Gasteiger partial charge in [-0.25, -0.2) is 13.8 Å². The molecule has 4 nitrogen and oxygen atoms in total. The average Bonchev–Trinajstić information content (AvgIpc) is 2.43. The number of anilines is 2. The Morgan fingerprint density at radius 1 is 1.19 bits per heavy atom. The van der Waals surface area contributed by atoms with Crippen LogP contribution in [-0.4, -0.2) is 16.9 Å². The Balaban J connectivity index is 2.11. The number of amides is 1. The lowest BCUT2D eigenvalue weighted by molar-refractivity contribution is 0.102. The monoisotopic (exact) mass is 291 g/mol. The van der Waals surface area contributed by atoms with Crippen LogP contribution in [0.2, 0.25) is 0 Å². The zero-order valence-electron chi connectivity index (χ0n) is 11.7. The molecule has 0 atom stereocenters. The van der Waals surface area contributed by atoms with Crippen LogP contribution >= 0.6 is 0 Å². The number of pyridine rings is 1. The molecule has 1 amide bonds. The second-order valence-electron chi connectivity index (χ2n) is 4.81. The van der Waals surface area contributed by atoms with Gasteiger partial charge in [0.2, 0.25) is 0 Å². The fourth-order valence-corrected chi connectivity index (χ4v) is 1.70. The third-order valence-electron chi connectivity index (χ3n) is 2.64. The summed E-state index contributed by atoms with van der Waals surface area (Å²) in [5.74, 6) is -1.24. The first-order valence-corrected chi connectivity index (χ1v) is 6.44. The van der Waals surface area contributed by atoms with Gasteiger partial charge in [0, 0.05) is 18.3 Å². The molecule has 1 aromatic carbocycles. The molecule has 0 spiro atoms. The maximum atomic E-state index is 13.4. The highest BCUT2D eigenvalue weighted by Crippen LogP contribution is 2.16. The molecule has 6 heteroatoms. The normalized spacial score (nSPS) is 10.5. The number of carbonyl (C=O) groups excluding carboxylic acids is 1. The van der Waals surface area contributed by atoms with Crippen LogP contribution in [0.25, 0.3) is 0 Å². The highest BCUT2D eigenvalue weighted by atomic mass is 19.1. The summed E-state index contributed by atoms with van der Waals surface area (Å²) in [4.78, 5) is 16.0. The maximum absolute atomic E-state index is 13.4. The third kappa shape index (κ3) is 3.98. The zero-order chi connectivity index (χ0) is 15.4. The van der Waals surface area contributed by atoms with E-state index in [2.05, 4.69) is 15.6 Å². The highest BCUT2D eigenvalue weighted by molar-refractivity contribution is 6.04. The summed E-state index contributed by atoms with van der Waals surface area (Å²) in [6.45, 7) is 3.93. The molecular formula is C15H15F2N3O. The van der Waals surface area contributed by atoms with Crippen LogP contribution in [-0.2, 0) is 0 Å². The molecule has 0 unspecified atom stereocenters. The lowest BCUT2D eigenvalue weighted by atomic mass is 10.2. The summed E-state index contributed by atoms with van der Waals surface area (Å²) in [5.41, 5.74) is 0.0531. The van der Waals surface area contributed by atoms with E-state index in [1.54, 1.807) is 12.1 Å². The van der Waals surface area contributed by atoms with Crippen LogP contribution < -0.4 is 10.6 Å². The van der Waals surface area contributed by atoms with Crippen molar-refractivity contribution in [2.24, 2.45) is 0 Å². The molecule has 0 saturated heterocycles. The summed E-state index contributed by atoms with van der Waals surface area (Å²) >= 11 is 0. The minimum atomic E-state index is -0.698. The Kier molecular flexibility index (Phi) is 4.47. The van der Waals surface area contributed by atoms with Gasteiger partial charge in [0.05, 0.1) is 11.3 Å². The number of carbonyl (C=O) groups is 1. The molecule has 2 N–H and O–H groups in total. The molecule has 2 aromatic rings. The van der Waals surface area contributed by atoms with Crippen LogP contribution in [0.15, 0.2) is 36.5 Å². The van der Waals surface area contributed by atoms with Gasteiger partial charge < -0.3 is 10.6 Å². The first-order chi connectivity index (χ1) is 9.95. The molecule has 0 aliphatic carbocycles. The van der Waals surface area contributed by atoms with Crippen LogP contribution in [0, 0.1) is 11.6 Å².